The highest BCUT2D eigenvalue weighted by molar-refractivity contribution is 5.94. The minimum absolute atomic E-state index is 0.0876. The molecule has 2 fully saturated rings. The largest absolute Gasteiger partial charge is 0.339 e. The molecule has 2 aliphatic carbocycles. The molecule has 7 nitrogen and oxygen atoms in total. The number of nitrogens with zero attached hydrogens (tertiary/aromatic N) is 3. The number of nitrogens with one attached hydrogen (secondary N) is 2. The second-order valence-electron chi connectivity index (χ2n) is 7.95. The molecule has 1 aliphatic heterocycles. The number of hydrazine groups is 1. The highest BCUT2D eigenvalue weighted by Crippen LogP contribution is 2.41. The van der Waals surface area contributed by atoms with Crippen molar-refractivity contribution < 1.29 is 10.2 Å². The zero-order valence-electron chi connectivity index (χ0n) is 15.8. The molecule has 0 saturated heterocycles. The fourth-order valence-corrected chi connectivity index (χ4v) is 4.17. The predicted molar refractivity (Wildman–Crippen MR) is 102 cm³/mol. The van der Waals surface area contributed by atoms with Crippen LogP contribution in [-0.4, -0.2) is 22.5 Å². The van der Waals surface area contributed by atoms with Gasteiger partial charge in [-0.15, -0.1) is 0 Å². The van der Waals surface area contributed by atoms with Crippen molar-refractivity contribution in [3.05, 3.63) is 47.3 Å². The lowest BCUT2D eigenvalue weighted by Crippen LogP contribution is -2.93. The van der Waals surface area contributed by atoms with Crippen molar-refractivity contribution >= 4 is 5.91 Å². The maximum atomic E-state index is 12.9. The van der Waals surface area contributed by atoms with Gasteiger partial charge in [-0.05, 0) is 55.9 Å². The average molecular weight is 377 g/mol. The van der Waals surface area contributed by atoms with E-state index in [1.54, 1.807) is 24.3 Å². The molecule has 28 heavy (non-hydrogen) atoms. The van der Waals surface area contributed by atoms with Crippen LogP contribution < -0.4 is 16.3 Å². The Hall–Kier alpha value is -2.87. The third kappa shape index (κ3) is 3.60. The van der Waals surface area contributed by atoms with Crippen LogP contribution in [-0.2, 0) is 0 Å². The fourth-order valence-electron chi connectivity index (χ4n) is 4.17. The Morgan fingerprint density at radius 1 is 1.21 bits per heavy atom. The van der Waals surface area contributed by atoms with E-state index in [0.717, 1.165) is 31.4 Å². The molecule has 144 valence electrons. The van der Waals surface area contributed by atoms with E-state index in [1.807, 2.05) is 16.6 Å². The molecule has 1 aromatic rings. The molecule has 7 heteroatoms. The monoisotopic (exact) mass is 377 g/mol. The van der Waals surface area contributed by atoms with Crippen LogP contribution in [0.2, 0.25) is 0 Å². The Morgan fingerprint density at radius 3 is 2.54 bits per heavy atom. The normalized spacial score (nSPS) is 21.9. The van der Waals surface area contributed by atoms with Crippen molar-refractivity contribution in [1.29, 1.82) is 10.5 Å². The second-order valence-corrected chi connectivity index (χ2v) is 7.95. The smallest absolute Gasteiger partial charge is 0.251 e. The van der Waals surface area contributed by atoms with Gasteiger partial charge in [0.15, 0.2) is 5.70 Å². The molecule has 0 bridgehead atoms. The van der Waals surface area contributed by atoms with Gasteiger partial charge in [-0.3, -0.25) is 4.79 Å². The molecule has 1 atom stereocenters. The average Bonchev–Trinajstić information content (AvgIpc) is 3.41. The van der Waals surface area contributed by atoms with Crippen LogP contribution in [0.4, 0.5) is 0 Å². The summed E-state index contributed by atoms with van der Waals surface area (Å²) in [6.07, 6.45) is 9.51. The summed E-state index contributed by atoms with van der Waals surface area (Å²) in [6, 6.07) is 11.1. The van der Waals surface area contributed by atoms with Gasteiger partial charge in [0.05, 0.1) is 23.9 Å². The molecular weight excluding hydrogens is 352 g/mol. The number of nitriles is 2. The Balaban J connectivity index is 1.54. The summed E-state index contributed by atoms with van der Waals surface area (Å²) < 4.78 is 0. The lowest BCUT2D eigenvalue weighted by atomic mass is 9.82. The van der Waals surface area contributed by atoms with Crippen LogP contribution in [0.3, 0.4) is 0 Å². The summed E-state index contributed by atoms with van der Waals surface area (Å²) in [4.78, 5) is 12.9. The number of hydrogen-bond acceptors (Lipinski definition) is 5. The zero-order valence-corrected chi connectivity index (χ0v) is 15.8. The van der Waals surface area contributed by atoms with Crippen LogP contribution in [0.15, 0.2) is 36.2 Å². The number of carbonyl (C=O) groups is 1. The molecule has 0 aromatic heterocycles. The summed E-state index contributed by atoms with van der Waals surface area (Å²) in [6.45, 7) is 0. The molecule has 4 N–H and O–H groups in total. The first-order valence-corrected chi connectivity index (χ1v) is 9.98. The standard InChI is InChI=1S/C21H24N6O/c22-12-15-6-8-17(9-7-15)20(28)24-19(16-4-2-1-3-5-16)18-13-27(26-25-18)21(14-23)10-11-21/h6-9,13,16,19,25-26H,1-5,10-11H2,(H,24,28)/p+1/t19-/m0/s1. The van der Waals surface area contributed by atoms with Crippen molar-refractivity contribution in [2.75, 3.05) is 0 Å². The number of quaternary nitrogens is 1. The Labute approximate surface area is 164 Å². The van der Waals surface area contributed by atoms with Gasteiger partial charge in [0.1, 0.15) is 11.6 Å². The van der Waals surface area contributed by atoms with E-state index in [-0.39, 0.29) is 11.9 Å². The Morgan fingerprint density at radius 2 is 1.93 bits per heavy atom. The van der Waals surface area contributed by atoms with E-state index in [0.29, 0.717) is 17.0 Å². The van der Waals surface area contributed by atoms with Crippen LogP contribution in [0.25, 0.3) is 0 Å². The van der Waals surface area contributed by atoms with Crippen molar-refractivity contribution in [2.24, 2.45) is 5.92 Å². The number of hydrogen-bond donors (Lipinski definition) is 3. The number of amides is 1. The van der Waals surface area contributed by atoms with E-state index < -0.39 is 5.54 Å². The van der Waals surface area contributed by atoms with Crippen molar-refractivity contribution in [1.82, 2.24) is 15.9 Å². The number of carbonyl (C=O) groups excluding carboxylic acids is 1. The molecular formula is C21H25N6O+. The summed E-state index contributed by atoms with van der Waals surface area (Å²) in [5, 5.41) is 23.5. The molecule has 0 spiro atoms. The lowest BCUT2D eigenvalue weighted by Gasteiger charge is -2.29. The highest BCUT2D eigenvalue weighted by atomic mass is 16.1. The molecule has 2 saturated carbocycles. The predicted octanol–water partition coefficient (Wildman–Crippen LogP) is 1.43. The highest BCUT2D eigenvalue weighted by Gasteiger charge is 2.51. The second kappa shape index (κ2) is 7.63. The van der Waals surface area contributed by atoms with Gasteiger partial charge in [0.25, 0.3) is 5.91 Å². The van der Waals surface area contributed by atoms with E-state index in [4.69, 9.17) is 5.26 Å². The third-order valence-electron chi connectivity index (χ3n) is 6.08. The molecule has 3 aliphatic rings. The van der Waals surface area contributed by atoms with E-state index in [2.05, 4.69) is 23.0 Å². The lowest BCUT2D eigenvalue weighted by molar-refractivity contribution is -0.680. The Bertz CT molecular complexity index is 852. The van der Waals surface area contributed by atoms with Gasteiger partial charge >= 0.3 is 0 Å². The Kier molecular flexibility index (Phi) is 5.04. The molecule has 0 unspecified atom stereocenters. The van der Waals surface area contributed by atoms with Crippen LogP contribution in [0.1, 0.15) is 60.9 Å². The molecule has 1 amide bonds. The van der Waals surface area contributed by atoms with Gasteiger partial charge in [0.2, 0.25) is 0 Å². The van der Waals surface area contributed by atoms with Crippen molar-refractivity contribution in [3.63, 3.8) is 0 Å². The minimum atomic E-state index is -0.438. The fraction of sp³-hybridized carbons (Fsp3) is 0.476. The third-order valence-corrected chi connectivity index (χ3v) is 6.08. The minimum Gasteiger partial charge on any atom is -0.339 e. The van der Waals surface area contributed by atoms with E-state index in [9.17, 15) is 10.1 Å². The number of rotatable bonds is 5. The van der Waals surface area contributed by atoms with Crippen LogP contribution >= 0.6 is 0 Å². The van der Waals surface area contributed by atoms with Crippen molar-refractivity contribution in [3.8, 4) is 12.1 Å². The molecule has 1 heterocycles. The van der Waals surface area contributed by atoms with E-state index >= 15 is 0 Å². The first-order chi connectivity index (χ1) is 13.6. The van der Waals surface area contributed by atoms with Crippen molar-refractivity contribution in [2.45, 2.75) is 56.5 Å². The molecule has 4 rings (SSSR count). The summed E-state index contributed by atoms with van der Waals surface area (Å²) >= 11 is 0. The molecule has 1 aromatic carbocycles. The first-order valence-electron chi connectivity index (χ1n) is 9.98. The summed E-state index contributed by atoms with van der Waals surface area (Å²) in [7, 11) is 0. The van der Waals surface area contributed by atoms with E-state index in [1.165, 1.54) is 19.3 Å². The van der Waals surface area contributed by atoms with Crippen LogP contribution in [0, 0.1) is 28.6 Å². The maximum Gasteiger partial charge on any atom is 0.251 e. The number of nitrogens with two attached hydrogens (primary N) is 1. The van der Waals surface area contributed by atoms with Gasteiger partial charge in [-0.2, -0.15) is 10.5 Å². The van der Waals surface area contributed by atoms with Gasteiger partial charge in [-0.1, -0.05) is 24.8 Å². The summed E-state index contributed by atoms with van der Waals surface area (Å²) in [5.41, 5.74) is 6.82. The zero-order chi connectivity index (χ0) is 19.6. The molecule has 0 radical (unpaired) electrons. The SMILES string of the molecule is N#Cc1ccc(C(=O)N[C@H](C2=CN(C3(C#N)CC3)N[NH2+]2)C2CCCCC2)cc1. The summed E-state index contributed by atoms with van der Waals surface area (Å²) in [5.74, 6) is 0.256. The quantitative estimate of drug-likeness (QED) is 0.673. The van der Waals surface area contributed by atoms with Gasteiger partial charge in [0, 0.05) is 5.56 Å². The topological polar surface area (TPSA) is 109 Å². The van der Waals surface area contributed by atoms with Gasteiger partial charge in [-0.25, -0.2) is 10.4 Å². The maximum absolute atomic E-state index is 12.9. The van der Waals surface area contributed by atoms with Gasteiger partial charge < -0.3 is 5.32 Å². The number of benzene rings is 1. The van der Waals surface area contributed by atoms with Crippen LogP contribution in [0.5, 0.6) is 0 Å². The first kappa shape index (κ1) is 18.5.